The van der Waals surface area contributed by atoms with E-state index in [2.05, 4.69) is 50.4 Å². The lowest BCUT2D eigenvalue weighted by atomic mass is 9.97. The molecule has 110 valence electrons. The van der Waals surface area contributed by atoms with Crippen LogP contribution in [0.25, 0.3) is 0 Å². The first-order valence-electron chi connectivity index (χ1n) is 7.52. The molecule has 1 saturated carbocycles. The predicted octanol–water partition coefficient (Wildman–Crippen LogP) is 3.54. The van der Waals surface area contributed by atoms with Crippen molar-refractivity contribution < 1.29 is 9.90 Å². The van der Waals surface area contributed by atoms with Crippen molar-refractivity contribution in [2.75, 3.05) is 0 Å². The van der Waals surface area contributed by atoms with Crippen LogP contribution >= 0.6 is 0 Å². The number of hydrogen-bond donors (Lipinski definition) is 2. The van der Waals surface area contributed by atoms with Gasteiger partial charge < -0.3 is 5.11 Å². The first kappa shape index (κ1) is 15.0. The van der Waals surface area contributed by atoms with E-state index < -0.39 is 12.0 Å². The van der Waals surface area contributed by atoms with Crippen molar-refractivity contribution >= 4 is 5.97 Å². The molecule has 20 heavy (non-hydrogen) atoms. The molecule has 0 heterocycles. The zero-order chi connectivity index (χ0) is 14.7. The average Bonchev–Trinajstić information content (AvgIpc) is 3.19. The Balaban J connectivity index is 2.12. The van der Waals surface area contributed by atoms with Crippen LogP contribution in [0.3, 0.4) is 0 Å². The fourth-order valence-corrected chi connectivity index (χ4v) is 2.64. The normalized spacial score (nSPS) is 18.0. The van der Waals surface area contributed by atoms with Crippen LogP contribution in [-0.4, -0.2) is 17.1 Å². The lowest BCUT2D eigenvalue weighted by molar-refractivity contribution is -0.140. The molecule has 0 bridgehead atoms. The third-order valence-electron chi connectivity index (χ3n) is 3.92. The quantitative estimate of drug-likeness (QED) is 0.800. The summed E-state index contributed by atoms with van der Waals surface area (Å²) in [5.41, 5.74) is 2.45. The maximum atomic E-state index is 11.4. The summed E-state index contributed by atoms with van der Waals surface area (Å²) in [5, 5.41) is 12.8. The zero-order valence-electron chi connectivity index (χ0n) is 12.6. The Morgan fingerprint density at radius 2 is 1.90 bits per heavy atom. The number of aryl methyl sites for hydroxylation is 1. The molecule has 1 aromatic rings. The third-order valence-corrected chi connectivity index (χ3v) is 3.92. The second-order valence-corrected chi connectivity index (χ2v) is 6.41. The molecule has 2 unspecified atom stereocenters. The largest absolute Gasteiger partial charge is 0.480 e. The highest BCUT2D eigenvalue weighted by molar-refractivity contribution is 5.73. The maximum absolute atomic E-state index is 11.4. The zero-order valence-corrected chi connectivity index (χ0v) is 12.6. The molecule has 2 atom stereocenters. The van der Waals surface area contributed by atoms with Gasteiger partial charge in [-0.25, -0.2) is 0 Å². The minimum atomic E-state index is -0.739. The predicted molar refractivity (Wildman–Crippen MR) is 80.7 cm³/mol. The molecule has 0 amide bonds. The number of rotatable bonds is 7. The minimum Gasteiger partial charge on any atom is -0.480 e. The molecule has 2 N–H and O–H groups in total. The number of hydrogen-bond acceptors (Lipinski definition) is 2. The van der Waals surface area contributed by atoms with E-state index in [4.69, 9.17) is 0 Å². The Bertz CT molecular complexity index is 449. The Hall–Kier alpha value is -1.35. The highest BCUT2D eigenvalue weighted by Crippen LogP contribution is 2.41. The monoisotopic (exact) mass is 275 g/mol. The Labute approximate surface area is 121 Å². The summed E-state index contributed by atoms with van der Waals surface area (Å²) in [7, 11) is 0. The molecule has 0 aliphatic heterocycles. The van der Waals surface area contributed by atoms with Gasteiger partial charge in [0.1, 0.15) is 6.04 Å². The molecule has 1 aromatic carbocycles. The molecule has 2 rings (SSSR count). The van der Waals surface area contributed by atoms with Crippen LogP contribution in [0.4, 0.5) is 0 Å². The summed E-state index contributed by atoms with van der Waals surface area (Å²) < 4.78 is 0. The molecule has 0 spiro atoms. The molecular formula is C17H25NO2. The van der Waals surface area contributed by atoms with Gasteiger partial charge in [0.2, 0.25) is 0 Å². The lowest BCUT2D eigenvalue weighted by Gasteiger charge is -2.25. The van der Waals surface area contributed by atoms with Crippen LogP contribution in [0.5, 0.6) is 0 Å². The van der Waals surface area contributed by atoms with Crippen LogP contribution in [0, 0.1) is 18.8 Å². The van der Waals surface area contributed by atoms with Crippen LogP contribution in [0.1, 0.15) is 50.3 Å². The van der Waals surface area contributed by atoms with Crippen molar-refractivity contribution in [1.29, 1.82) is 0 Å². The number of nitrogens with one attached hydrogen (secondary N) is 1. The van der Waals surface area contributed by atoms with E-state index >= 15 is 0 Å². The SMILES string of the molecule is Cc1ccc(C(NC(CC(C)C)C(=O)O)C2CC2)cc1. The molecule has 0 saturated heterocycles. The summed E-state index contributed by atoms with van der Waals surface area (Å²) in [4.78, 5) is 11.4. The highest BCUT2D eigenvalue weighted by atomic mass is 16.4. The summed E-state index contributed by atoms with van der Waals surface area (Å²) in [6.07, 6.45) is 3.06. The molecular weight excluding hydrogens is 250 g/mol. The van der Waals surface area contributed by atoms with Crippen molar-refractivity contribution in [1.82, 2.24) is 5.32 Å². The average molecular weight is 275 g/mol. The second-order valence-electron chi connectivity index (χ2n) is 6.41. The van der Waals surface area contributed by atoms with E-state index in [1.54, 1.807) is 0 Å². The van der Waals surface area contributed by atoms with Gasteiger partial charge in [-0.2, -0.15) is 0 Å². The Kier molecular flexibility index (Phi) is 4.81. The van der Waals surface area contributed by atoms with E-state index in [-0.39, 0.29) is 6.04 Å². The van der Waals surface area contributed by atoms with Crippen LogP contribution < -0.4 is 5.32 Å². The molecule has 1 fully saturated rings. The van der Waals surface area contributed by atoms with Gasteiger partial charge in [-0.15, -0.1) is 0 Å². The first-order chi connectivity index (χ1) is 9.47. The molecule has 0 radical (unpaired) electrons. The number of carbonyl (C=O) groups is 1. The number of carboxylic acids is 1. The van der Waals surface area contributed by atoms with Gasteiger partial charge >= 0.3 is 5.97 Å². The van der Waals surface area contributed by atoms with Gasteiger partial charge in [-0.3, -0.25) is 10.1 Å². The number of aliphatic carboxylic acids is 1. The molecule has 0 aromatic heterocycles. The van der Waals surface area contributed by atoms with Gasteiger partial charge in [0, 0.05) is 6.04 Å². The Morgan fingerprint density at radius 3 is 2.35 bits per heavy atom. The Morgan fingerprint density at radius 1 is 1.30 bits per heavy atom. The van der Waals surface area contributed by atoms with E-state index in [0.29, 0.717) is 18.3 Å². The summed E-state index contributed by atoms with van der Waals surface area (Å²) in [5.74, 6) is 0.227. The van der Waals surface area contributed by atoms with Gasteiger partial charge in [-0.1, -0.05) is 43.7 Å². The molecule has 1 aliphatic carbocycles. The van der Waals surface area contributed by atoms with E-state index in [9.17, 15) is 9.90 Å². The number of carboxylic acid groups (broad SMARTS) is 1. The van der Waals surface area contributed by atoms with E-state index in [1.807, 2.05) is 0 Å². The maximum Gasteiger partial charge on any atom is 0.320 e. The van der Waals surface area contributed by atoms with Crippen molar-refractivity contribution in [3.05, 3.63) is 35.4 Å². The van der Waals surface area contributed by atoms with E-state index in [1.165, 1.54) is 24.0 Å². The van der Waals surface area contributed by atoms with Gasteiger partial charge in [0.05, 0.1) is 0 Å². The topological polar surface area (TPSA) is 49.3 Å². The van der Waals surface area contributed by atoms with Crippen molar-refractivity contribution in [2.24, 2.45) is 11.8 Å². The van der Waals surface area contributed by atoms with Crippen molar-refractivity contribution in [3.8, 4) is 0 Å². The van der Waals surface area contributed by atoms with Gasteiger partial charge in [0.15, 0.2) is 0 Å². The summed E-state index contributed by atoms with van der Waals surface area (Å²) >= 11 is 0. The third kappa shape index (κ3) is 4.07. The lowest BCUT2D eigenvalue weighted by Crippen LogP contribution is -2.40. The summed E-state index contributed by atoms with van der Waals surface area (Å²) in [6.45, 7) is 6.20. The fourth-order valence-electron chi connectivity index (χ4n) is 2.64. The highest BCUT2D eigenvalue weighted by Gasteiger charge is 2.35. The molecule has 1 aliphatic rings. The van der Waals surface area contributed by atoms with Crippen LogP contribution in [-0.2, 0) is 4.79 Å². The first-order valence-corrected chi connectivity index (χ1v) is 7.52. The molecule has 3 nitrogen and oxygen atoms in total. The van der Waals surface area contributed by atoms with Gasteiger partial charge in [-0.05, 0) is 43.6 Å². The van der Waals surface area contributed by atoms with Crippen LogP contribution in [0.15, 0.2) is 24.3 Å². The smallest absolute Gasteiger partial charge is 0.320 e. The minimum absolute atomic E-state index is 0.176. The number of benzene rings is 1. The second kappa shape index (κ2) is 6.40. The van der Waals surface area contributed by atoms with Crippen molar-refractivity contribution in [3.63, 3.8) is 0 Å². The van der Waals surface area contributed by atoms with Crippen molar-refractivity contribution in [2.45, 2.75) is 52.1 Å². The van der Waals surface area contributed by atoms with E-state index in [0.717, 1.165) is 0 Å². The molecule has 3 heteroatoms. The van der Waals surface area contributed by atoms with Gasteiger partial charge in [0.25, 0.3) is 0 Å². The van der Waals surface area contributed by atoms with Crippen LogP contribution in [0.2, 0.25) is 0 Å². The fraction of sp³-hybridized carbons (Fsp3) is 0.588. The standard InChI is InChI=1S/C17H25NO2/c1-11(2)10-15(17(19)20)18-16(14-8-9-14)13-6-4-12(3)5-7-13/h4-7,11,14-16,18H,8-10H2,1-3H3,(H,19,20). The summed E-state index contributed by atoms with van der Waals surface area (Å²) in [6, 6.07) is 8.17.